The SMILES string of the molecule is CCCC(CC(=O)NS(=O)(=O)c1ccccc1F)Nc1ccccc1NCc1csc2cccc(C)c12. The molecule has 1 unspecified atom stereocenters. The largest absolute Gasteiger partial charge is 0.380 e. The van der Waals surface area contributed by atoms with Crippen molar-refractivity contribution in [3.8, 4) is 0 Å². The van der Waals surface area contributed by atoms with Crippen molar-refractivity contribution in [2.24, 2.45) is 0 Å². The van der Waals surface area contributed by atoms with E-state index in [1.165, 1.54) is 33.3 Å². The standard InChI is InChI=1S/C28H30FN3O3S2/c1-3-9-21(16-27(33)32-37(34,35)26-15-7-4-11-22(26)29)31-24-13-6-5-12-23(24)30-17-20-18-36-25-14-8-10-19(2)28(20)25/h4-8,10-15,18,21,30-31H,3,9,16-17H2,1-2H3,(H,32,33). The summed E-state index contributed by atoms with van der Waals surface area (Å²) in [5.74, 6) is -1.60. The number of carbonyl (C=O) groups is 1. The lowest BCUT2D eigenvalue weighted by Gasteiger charge is -2.22. The summed E-state index contributed by atoms with van der Waals surface area (Å²) in [7, 11) is -4.30. The van der Waals surface area contributed by atoms with E-state index < -0.39 is 26.6 Å². The molecule has 3 aromatic carbocycles. The van der Waals surface area contributed by atoms with Gasteiger partial charge in [-0.1, -0.05) is 49.7 Å². The van der Waals surface area contributed by atoms with Crippen LogP contribution >= 0.6 is 11.3 Å². The lowest BCUT2D eigenvalue weighted by molar-refractivity contribution is -0.119. The Kier molecular flexibility index (Phi) is 8.45. The fraction of sp³-hybridized carbons (Fsp3) is 0.250. The molecular weight excluding hydrogens is 509 g/mol. The molecule has 1 heterocycles. The fourth-order valence-electron chi connectivity index (χ4n) is 4.35. The summed E-state index contributed by atoms with van der Waals surface area (Å²) >= 11 is 1.72. The second-order valence-electron chi connectivity index (χ2n) is 8.90. The van der Waals surface area contributed by atoms with Gasteiger partial charge in [0.05, 0.1) is 11.4 Å². The number of aryl methyl sites for hydroxylation is 1. The lowest BCUT2D eigenvalue weighted by atomic mass is 10.1. The number of benzene rings is 3. The number of thiophene rings is 1. The maximum Gasteiger partial charge on any atom is 0.266 e. The van der Waals surface area contributed by atoms with Gasteiger partial charge in [0.25, 0.3) is 10.0 Å². The predicted octanol–water partition coefficient (Wildman–Crippen LogP) is 6.44. The van der Waals surface area contributed by atoms with Crippen LogP contribution in [0.25, 0.3) is 10.1 Å². The van der Waals surface area contributed by atoms with Gasteiger partial charge in [0, 0.05) is 29.1 Å². The minimum atomic E-state index is -4.30. The van der Waals surface area contributed by atoms with Crippen molar-refractivity contribution in [1.82, 2.24) is 4.72 Å². The zero-order valence-corrected chi connectivity index (χ0v) is 22.4. The van der Waals surface area contributed by atoms with Crippen molar-refractivity contribution in [2.45, 2.75) is 50.6 Å². The molecule has 194 valence electrons. The van der Waals surface area contributed by atoms with Crippen LogP contribution in [-0.2, 0) is 21.4 Å². The van der Waals surface area contributed by atoms with E-state index in [1.54, 1.807) is 11.3 Å². The first-order valence-electron chi connectivity index (χ1n) is 12.1. The Morgan fingerprint density at radius 1 is 1.00 bits per heavy atom. The third kappa shape index (κ3) is 6.47. The summed E-state index contributed by atoms with van der Waals surface area (Å²) in [5, 5.41) is 10.3. The highest BCUT2D eigenvalue weighted by Crippen LogP contribution is 2.30. The van der Waals surface area contributed by atoms with Crippen LogP contribution in [0.3, 0.4) is 0 Å². The minimum absolute atomic E-state index is 0.0791. The highest BCUT2D eigenvalue weighted by molar-refractivity contribution is 7.90. The molecule has 0 aliphatic carbocycles. The maximum absolute atomic E-state index is 14.0. The normalized spacial score (nSPS) is 12.3. The number of hydrogen-bond acceptors (Lipinski definition) is 6. The quantitative estimate of drug-likeness (QED) is 0.204. The number of nitrogens with one attached hydrogen (secondary N) is 3. The van der Waals surface area contributed by atoms with Crippen LogP contribution in [0.2, 0.25) is 0 Å². The number of anilines is 2. The van der Waals surface area contributed by atoms with Gasteiger partial charge in [0.15, 0.2) is 0 Å². The fourth-order valence-corrected chi connectivity index (χ4v) is 6.47. The van der Waals surface area contributed by atoms with E-state index in [4.69, 9.17) is 0 Å². The van der Waals surface area contributed by atoms with Gasteiger partial charge in [-0.3, -0.25) is 4.79 Å². The number of rotatable bonds is 11. The van der Waals surface area contributed by atoms with E-state index >= 15 is 0 Å². The van der Waals surface area contributed by atoms with Gasteiger partial charge < -0.3 is 10.6 Å². The zero-order valence-electron chi connectivity index (χ0n) is 20.8. The van der Waals surface area contributed by atoms with E-state index in [-0.39, 0.29) is 12.5 Å². The summed E-state index contributed by atoms with van der Waals surface area (Å²) in [4.78, 5) is 12.1. The maximum atomic E-state index is 14.0. The first kappa shape index (κ1) is 26.6. The highest BCUT2D eigenvalue weighted by atomic mass is 32.2. The molecule has 1 atom stereocenters. The average molecular weight is 540 g/mol. The summed E-state index contributed by atoms with van der Waals surface area (Å²) in [6, 6.07) is 18.7. The predicted molar refractivity (Wildman–Crippen MR) is 149 cm³/mol. The Hall–Kier alpha value is -3.43. The van der Waals surface area contributed by atoms with E-state index in [2.05, 4.69) is 41.1 Å². The van der Waals surface area contributed by atoms with Crippen LogP contribution in [0.1, 0.15) is 37.3 Å². The molecule has 4 aromatic rings. The van der Waals surface area contributed by atoms with Crippen molar-refractivity contribution in [3.05, 3.63) is 89.1 Å². The number of fused-ring (bicyclic) bond motifs is 1. The topological polar surface area (TPSA) is 87.3 Å². The van der Waals surface area contributed by atoms with Crippen LogP contribution in [0, 0.1) is 12.7 Å². The first-order valence-corrected chi connectivity index (χ1v) is 14.5. The average Bonchev–Trinajstić information content (AvgIpc) is 3.28. The van der Waals surface area contributed by atoms with Crippen LogP contribution in [-0.4, -0.2) is 20.4 Å². The van der Waals surface area contributed by atoms with Crippen LogP contribution in [0.4, 0.5) is 15.8 Å². The Morgan fingerprint density at radius 2 is 1.73 bits per heavy atom. The van der Waals surface area contributed by atoms with Crippen molar-refractivity contribution in [1.29, 1.82) is 0 Å². The number of sulfonamides is 1. The van der Waals surface area contributed by atoms with Crippen LogP contribution in [0.5, 0.6) is 0 Å². The molecule has 0 aliphatic rings. The number of amides is 1. The summed E-state index contributed by atoms with van der Waals surface area (Å²) in [6.45, 7) is 4.75. The van der Waals surface area contributed by atoms with E-state index in [0.717, 1.165) is 29.9 Å². The number of halogens is 1. The van der Waals surface area contributed by atoms with Gasteiger partial charge in [-0.15, -0.1) is 11.3 Å². The number of hydrogen-bond donors (Lipinski definition) is 3. The second kappa shape index (κ2) is 11.7. The molecule has 0 aliphatic heterocycles. The Balaban J connectivity index is 1.45. The summed E-state index contributed by atoms with van der Waals surface area (Å²) in [6.07, 6.45) is 1.36. The second-order valence-corrected chi connectivity index (χ2v) is 11.5. The molecule has 9 heteroatoms. The van der Waals surface area contributed by atoms with Crippen molar-refractivity contribution < 1.29 is 17.6 Å². The third-order valence-electron chi connectivity index (χ3n) is 6.08. The molecule has 1 aromatic heterocycles. The van der Waals surface area contributed by atoms with Crippen molar-refractivity contribution in [3.63, 3.8) is 0 Å². The van der Waals surface area contributed by atoms with E-state index in [0.29, 0.717) is 13.0 Å². The Bertz CT molecular complexity index is 1500. The molecule has 0 bridgehead atoms. The molecule has 0 fully saturated rings. The molecule has 3 N–H and O–H groups in total. The Labute approximate surface area is 221 Å². The van der Waals surface area contributed by atoms with Gasteiger partial charge in [-0.2, -0.15) is 0 Å². The van der Waals surface area contributed by atoms with Gasteiger partial charge in [-0.25, -0.2) is 17.5 Å². The van der Waals surface area contributed by atoms with E-state index in [1.807, 2.05) is 35.9 Å². The smallest absolute Gasteiger partial charge is 0.266 e. The van der Waals surface area contributed by atoms with Gasteiger partial charge in [-0.05, 0) is 60.2 Å². The molecule has 37 heavy (non-hydrogen) atoms. The minimum Gasteiger partial charge on any atom is -0.380 e. The van der Waals surface area contributed by atoms with Crippen LogP contribution < -0.4 is 15.4 Å². The Morgan fingerprint density at radius 3 is 2.49 bits per heavy atom. The number of para-hydroxylation sites is 2. The molecule has 0 spiro atoms. The zero-order chi connectivity index (χ0) is 26.4. The molecule has 4 rings (SSSR count). The monoisotopic (exact) mass is 539 g/mol. The highest BCUT2D eigenvalue weighted by Gasteiger charge is 2.23. The van der Waals surface area contributed by atoms with Gasteiger partial charge in [0.1, 0.15) is 10.7 Å². The summed E-state index contributed by atoms with van der Waals surface area (Å²) in [5.41, 5.74) is 4.16. The molecule has 0 radical (unpaired) electrons. The molecule has 1 amide bonds. The van der Waals surface area contributed by atoms with Gasteiger partial charge >= 0.3 is 0 Å². The third-order valence-corrected chi connectivity index (χ3v) is 8.49. The van der Waals surface area contributed by atoms with Crippen molar-refractivity contribution >= 4 is 48.7 Å². The van der Waals surface area contributed by atoms with Crippen LogP contribution in [0.15, 0.2) is 77.0 Å². The lowest BCUT2D eigenvalue weighted by Crippen LogP contribution is -2.35. The molecule has 0 saturated heterocycles. The van der Waals surface area contributed by atoms with Gasteiger partial charge in [0.2, 0.25) is 5.91 Å². The number of carbonyl (C=O) groups excluding carboxylic acids is 1. The molecule has 6 nitrogen and oxygen atoms in total. The first-order chi connectivity index (χ1) is 17.8. The molecule has 0 saturated carbocycles. The van der Waals surface area contributed by atoms with Crippen molar-refractivity contribution in [2.75, 3.05) is 10.6 Å². The molecular formula is C28H30FN3O3S2. The van der Waals surface area contributed by atoms with E-state index in [9.17, 15) is 17.6 Å². The summed E-state index contributed by atoms with van der Waals surface area (Å²) < 4.78 is 42.3.